The fraction of sp³-hybridized carbons (Fsp3) is 0.533. The first kappa shape index (κ1) is 34.2. The summed E-state index contributed by atoms with van der Waals surface area (Å²) >= 11 is 0. The molecule has 1 aromatic carbocycles. The summed E-state index contributed by atoms with van der Waals surface area (Å²) in [4.78, 5) is 36.4. The zero-order chi connectivity index (χ0) is 31.5. The molecule has 3 aromatic rings. The van der Waals surface area contributed by atoms with Gasteiger partial charge in [0.05, 0.1) is 25.3 Å². The number of esters is 1. The highest BCUT2D eigenvalue weighted by Crippen LogP contribution is 2.16. The molecule has 11 nitrogen and oxygen atoms in total. The van der Waals surface area contributed by atoms with Crippen LogP contribution in [-0.4, -0.2) is 72.0 Å². The third-order valence-corrected chi connectivity index (χ3v) is 10.1. The van der Waals surface area contributed by atoms with E-state index in [1.165, 1.54) is 0 Å². The molecule has 0 aliphatic carbocycles. The van der Waals surface area contributed by atoms with Crippen LogP contribution in [0.3, 0.4) is 0 Å². The van der Waals surface area contributed by atoms with E-state index in [1.807, 2.05) is 21.5 Å². The molecule has 0 aliphatic heterocycles. The molecule has 0 fully saturated rings. The molecule has 0 radical (unpaired) electrons. The van der Waals surface area contributed by atoms with E-state index in [-0.39, 0.29) is 19.1 Å². The third kappa shape index (κ3) is 12.1. The molecule has 0 saturated carbocycles. The normalized spacial score (nSPS) is 11.9. The van der Waals surface area contributed by atoms with Gasteiger partial charge in [-0.15, -0.1) is 0 Å². The third-order valence-electron chi connectivity index (χ3n) is 6.66. The van der Waals surface area contributed by atoms with Crippen LogP contribution in [-0.2, 0) is 40.8 Å². The molecule has 13 heteroatoms. The monoisotopic (exact) mass is 628 g/mol. The number of hydrogen-bond donors (Lipinski definition) is 1. The van der Waals surface area contributed by atoms with Crippen LogP contribution in [0.25, 0.3) is 0 Å². The molecule has 0 saturated heterocycles. The van der Waals surface area contributed by atoms with Gasteiger partial charge in [-0.25, -0.2) is 19.6 Å². The van der Waals surface area contributed by atoms with Gasteiger partial charge in [0, 0.05) is 59.8 Å². The van der Waals surface area contributed by atoms with Crippen LogP contribution in [0.15, 0.2) is 49.1 Å². The summed E-state index contributed by atoms with van der Waals surface area (Å²) in [5, 5.41) is 2.95. The summed E-state index contributed by atoms with van der Waals surface area (Å²) in [6.07, 6.45) is 7.16. The van der Waals surface area contributed by atoms with Gasteiger partial charge in [-0.2, -0.15) is 0 Å². The van der Waals surface area contributed by atoms with Crippen molar-refractivity contribution >= 4 is 33.8 Å². The Kier molecular flexibility index (Phi) is 12.7. The minimum absolute atomic E-state index is 0.237. The Labute approximate surface area is 257 Å². The van der Waals surface area contributed by atoms with E-state index >= 15 is 0 Å². The lowest BCUT2D eigenvalue weighted by atomic mass is 10.2. The standard InChI is InChI=1S/C30H48N6O5Si2/c1-8-41-29(37)25-9-11-26(12-10-25)33-30(38)36(21-27-31-13-15-34(27)23-39-17-19-42(2,3)4)22-28-32-14-16-35(28)24-40-18-20-43(5,6)7/h9-16H,8,17-24H2,1-7H3,(H,33,38). The van der Waals surface area contributed by atoms with E-state index in [0.717, 1.165) is 12.1 Å². The molecule has 0 bridgehead atoms. The first-order valence-corrected chi connectivity index (χ1v) is 22.2. The van der Waals surface area contributed by atoms with Crippen LogP contribution < -0.4 is 5.32 Å². The van der Waals surface area contributed by atoms with Crippen molar-refractivity contribution in [3.63, 3.8) is 0 Å². The summed E-state index contributed by atoms with van der Waals surface area (Å²) in [5.74, 6) is 0.996. The van der Waals surface area contributed by atoms with Crippen molar-refractivity contribution in [2.45, 2.75) is 84.8 Å². The average molecular weight is 629 g/mol. The molecular formula is C30H48N6O5Si2. The van der Waals surface area contributed by atoms with E-state index in [2.05, 4.69) is 54.6 Å². The number of nitrogens with zero attached hydrogens (tertiary/aromatic N) is 5. The summed E-state index contributed by atoms with van der Waals surface area (Å²) in [6.45, 7) is 18.6. The lowest BCUT2D eigenvalue weighted by Gasteiger charge is -2.24. The number of carbonyl (C=O) groups is 2. The highest BCUT2D eigenvalue weighted by atomic mass is 28.3. The second-order valence-electron chi connectivity index (χ2n) is 12.9. The molecule has 43 heavy (non-hydrogen) atoms. The fourth-order valence-corrected chi connectivity index (χ4v) is 5.46. The first-order chi connectivity index (χ1) is 20.3. The molecule has 2 amide bonds. The Bertz CT molecular complexity index is 1240. The average Bonchev–Trinajstić information content (AvgIpc) is 3.57. The summed E-state index contributed by atoms with van der Waals surface area (Å²) < 4.78 is 20.8. The van der Waals surface area contributed by atoms with Crippen LogP contribution >= 0.6 is 0 Å². The quantitative estimate of drug-likeness (QED) is 0.109. The van der Waals surface area contributed by atoms with Crippen molar-refractivity contribution in [1.82, 2.24) is 24.0 Å². The second kappa shape index (κ2) is 16.0. The second-order valence-corrected chi connectivity index (χ2v) is 24.1. The van der Waals surface area contributed by atoms with Crippen molar-refractivity contribution in [2.24, 2.45) is 0 Å². The maximum atomic E-state index is 13.6. The number of urea groups is 1. The van der Waals surface area contributed by atoms with Gasteiger partial charge in [0.25, 0.3) is 0 Å². The minimum Gasteiger partial charge on any atom is -0.462 e. The van der Waals surface area contributed by atoms with Gasteiger partial charge in [0.2, 0.25) is 0 Å². The minimum atomic E-state index is -1.20. The van der Waals surface area contributed by atoms with Gasteiger partial charge in [-0.1, -0.05) is 39.3 Å². The number of anilines is 1. The zero-order valence-electron chi connectivity index (χ0n) is 26.8. The number of ether oxygens (including phenoxy) is 3. The van der Waals surface area contributed by atoms with Gasteiger partial charge >= 0.3 is 12.0 Å². The smallest absolute Gasteiger partial charge is 0.338 e. The van der Waals surface area contributed by atoms with Crippen molar-refractivity contribution in [1.29, 1.82) is 0 Å². The number of carbonyl (C=O) groups excluding carboxylic acids is 2. The summed E-state index contributed by atoms with van der Waals surface area (Å²) in [7, 11) is -2.41. The lowest BCUT2D eigenvalue weighted by molar-refractivity contribution is 0.0526. The Balaban J connectivity index is 1.74. The van der Waals surface area contributed by atoms with Crippen LogP contribution in [0.1, 0.15) is 28.9 Å². The number of aromatic nitrogens is 4. The van der Waals surface area contributed by atoms with Crippen LogP contribution in [0.5, 0.6) is 0 Å². The highest BCUT2D eigenvalue weighted by molar-refractivity contribution is 6.76. The van der Waals surface area contributed by atoms with Crippen molar-refractivity contribution < 1.29 is 23.8 Å². The molecule has 2 aromatic heterocycles. The van der Waals surface area contributed by atoms with E-state index < -0.39 is 22.1 Å². The maximum Gasteiger partial charge on any atom is 0.338 e. The van der Waals surface area contributed by atoms with Gasteiger partial charge in [-0.05, 0) is 43.3 Å². The number of nitrogens with one attached hydrogen (secondary N) is 1. The molecule has 236 valence electrons. The Morgan fingerprint density at radius 1 is 0.814 bits per heavy atom. The topological polar surface area (TPSA) is 113 Å². The molecule has 1 N–H and O–H groups in total. The number of hydrogen-bond acceptors (Lipinski definition) is 7. The number of amides is 2. The van der Waals surface area contributed by atoms with Crippen molar-refractivity contribution in [3.8, 4) is 0 Å². The number of rotatable bonds is 17. The van der Waals surface area contributed by atoms with Crippen LogP contribution in [0, 0.1) is 0 Å². The van der Waals surface area contributed by atoms with E-state index in [0.29, 0.717) is 56.2 Å². The molecule has 0 atom stereocenters. The Morgan fingerprint density at radius 2 is 1.30 bits per heavy atom. The highest BCUT2D eigenvalue weighted by Gasteiger charge is 2.21. The zero-order valence-corrected chi connectivity index (χ0v) is 28.8. The molecule has 2 heterocycles. The summed E-state index contributed by atoms with van der Waals surface area (Å²) in [6, 6.07) is 8.45. The number of imidazole rings is 2. The van der Waals surface area contributed by atoms with E-state index in [9.17, 15) is 9.59 Å². The molecular weight excluding hydrogens is 581 g/mol. The van der Waals surface area contributed by atoms with Gasteiger partial charge < -0.3 is 33.6 Å². The maximum absolute atomic E-state index is 13.6. The number of benzene rings is 1. The van der Waals surface area contributed by atoms with Gasteiger partial charge in [0.15, 0.2) is 0 Å². The van der Waals surface area contributed by atoms with Gasteiger partial charge in [0.1, 0.15) is 25.1 Å². The lowest BCUT2D eigenvalue weighted by Crippen LogP contribution is -2.36. The molecule has 0 aliphatic rings. The van der Waals surface area contributed by atoms with Crippen LogP contribution in [0.2, 0.25) is 51.4 Å². The van der Waals surface area contributed by atoms with Crippen LogP contribution in [0.4, 0.5) is 10.5 Å². The predicted octanol–water partition coefficient (Wildman–Crippen LogP) is 6.12. The first-order valence-electron chi connectivity index (χ1n) is 14.8. The molecule has 3 rings (SSSR count). The van der Waals surface area contributed by atoms with Gasteiger partial charge in [-0.3, -0.25) is 0 Å². The predicted molar refractivity (Wildman–Crippen MR) is 173 cm³/mol. The molecule has 0 spiro atoms. The summed E-state index contributed by atoms with van der Waals surface area (Å²) in [5.41, 5.74) is 0.975. The SMILES string of the molecule is CCOC(=O)c1ccc(NC(=O)N(Cc2nccn2COCC[Si](C)(C)C)Cc2nccn2COCC[Si](C)(C)C)cc1. The fourth-order valence-electron chi connectivity index (χ4n) is 3.95. The van der Waals surface area contributed by atoms with Crippen molar-refractivity contribution in [3.05, 3.63) is 66.3 Å². The molecule has 0 unspecified atom stereocenters. The Morgan fingerprint density at radius 3 is 1.74 bits per heavy atom. The van der Waals surface area contributed by atoms with E-state index in [4.69, 9.17) is 14.2 Å². The Hall–Kier alpha value is -3.27. The van der Waals surface area contributed by atoms with Crippen molar-refractivity contribution in [2.75, 3.05) is 25.1 Å². The van der Waals surface area contributed by atoms with E-state index in [1.54, 1.807) is 48.5 Å². The largest absolute Gasteiger partial charge is 0.462 e.